The molecule has 0 aliphatic carbocycles. The van der Waals surface area contributed by atoms with Gasteiger partial charge in [0.2, 0.25) is 0 Å². The maximum Gasteiger partial charge on any atom is 0.191 e. The highest BCUT2D eigenvalue weighted by Crippen LogP contribution is 2.17. The maximum absolute atomic E-state index is 5.25. The fourth-order valence-electron chi connectivity index (χ4n) is 2.48. The molecule has 0 aliphatic heterocycles. The zero-order valence-corrected chi connectivity index (χ0v) is 15.6. The van der Waals surface area contributed by atoms with E-state index in [2.05, 4.69) is 49.6 Å². The van der Waals surface area contributed by atoms with Gasteiger partial charge in [0, 0.05) is 37.4 Å². The second kappa shape index (κ2) is 8.31. The van der Waals surface area contributed by atoms with E-state index in [9.17, 15) is 0 Å². The molecule has 1 heterocycles. The highest BCUT2D eigenvalue weighted by atomic mass is 32.1. The number of para-hydroxylation sites is 1. The lowest BCUT2D eigenvalue weighted by Crippen LogP contribution is -2.23. The van der Waals surface area contributed by atoms with Gasteiger partial charge in [0.1, 0.15) is 0 Å². The van der Waals surface area contributed by atoms with Crippen LogP contribution in [0.25, 0.3) is 5.69 Å². The highest BCUT2D eigenvalue weighted by Gasteiger charge is 2.02. The first-order chi connectivity index (χ1) is 12.6. The van der Waals surface area contributed by atoms with E-state index in [1.165, 1.54) is 0 Å². The summed E-state index contributed by atoms with van der Waals surface area (Å²) < 4.78 is 2.07. The molecule has 0 spiro atoms. The van der Waals surface area contributed by atoms with Gasteiger partial charge in [-0.05, 0) is 60.7 Å². The number of hydrogen-bond acceptors (Lipinski definition) is 3. The second-order valence-corrected chi connectivity index (χ2v) is 6.31. The quantitative estimate of drug-likeness (QED) is 0.410. The topological polar surface area (TPSA) is 44.6 Å². The zero-order chi connectivity index (χ0) is 18.4. The van der Waals surface area contributed by atoms with E-state index in [1.54, 1.807) is 6.21 Å². The van der Waals surface area contributed by atoms with Crippen molar-refractivity contribution in [2.75, 3.05) is 24.3 Å². The van der Waals surface area contributed by atoms with Gasteiger partial charge < -0.3 is 14.8 Å². The molecule has 26 heavy (non-hydrogen) atoms. The first kappa shape index (κ1) is 17.7. The first-order valence-electron chi connectivity index (χ1n) is 8.24. The summed E-state index contributed by atoms with van der Waals surface area (Å²) in [5.41, 5.74) is 6.96. The van der Waals surface area contributed by atoms with E-state index in [-0.39, 0.29) is 0 Å². The molecular formula is C20H21N5S. The van der Waals surface area contributed by atoms with Gasteiger partial charge in [-0.15, -0.1) is 0 Å². The van der Waals surface area contributed by atoms with Crippen LogP contribution in [-0.2, 0) is 0 Å². The summed E-state index contributed by atoms with van der Waals surface area (Å²) in [5.74, 6) is 0. The molecule has 5 nitrogen and oxygen atoms in total. The van der Waals surface area contributed by atoms with Crippen molar-refractivity contribution in [3.63, 3.8) is 0 Å². The number of thiocarbonyl (C=S) groups is 1. The number of nitrogens with one attached hydrogen (secondary N) is 2. The predicted octanol–water partition coefficient (Wildman–Crippen LogP) is 3.86. The summed E-state index contributed by atoms with van der Waals surface area (Å²) in [7, 11) is 4.06. The van der Waals surface area contributed by atoms with Crippen LogP contribution in [0.4, 0.5) is 11.4 Å². The number of anilines is 2. The molecule has 3 rings (SSSR count). The minimum absolute atomic E-state index is 0.445. The maximum atomic E-state index is 5.25. The molecule has 3 aromatic rings. The predicted molar refractivity (Wildman–Crippen MR) is 113 cm³/mol. The van der Waals surface area contributed by atoms with Crippen LogP contribution in [-0.4, -0.2) is 30.0 Å². The average molecular weight is 363 g/mol. The second-order valence-electron chi connectivity index (χ2n) is 5.90. The van der Waals surface area contributed by atoms with Crippen LogP contribution in [0.3, 0.4) is 0 Å². The van der Waals surface area contributed by atoms with Gasteiger partial charge in [-0.25, -0.2) is 0 Å². The van der Waals surface area contributed by atoms with Crippen LogP contribution in [0.2, 0.25) is 0 Å². The van der Waals surface area contributed by atoms with E-state index >= 15 is 0 Å². The van der Waals surface area contributed by atoms with E-state index < -0.39 is 0 Å². The summed E-state index contributed by atoms with van der Waals surface area (Å²) in [6.45, 7) is 0. The Balaban J connectivity index is 1.65. The van der Waals surface area contributed by atoms with Gasteiger partial charge in [0.05, 0.1) is 11.9 Å². The summed E-state index contributed by atoms with van der Waals surface area (Å²) in [5, 5.41) is 7.76. The molecule has 0 saturated carbocycles. The Hall–Kier alpha value is -3.12. The van der Waals surface area contributed by atoms with E-state index in [4.69, 9.17) is 12.2 Å². The fourth-order valence-corrected chi connectivity index (χ4v) is 2.65. The fraction of sp³-hybridized carbons (Fsp3) is 0.100. The first-order valence-corrected chi connectivity index (χ1v) is 8.64. The Morgan fingerprint density at radius 1 is 1.00 bits per heavy atom. The number of aromatic nitrogens is 1. The molecule has 2 aromatic carbocycles. The lowest BCUT2D eigenvalue weighted by Gasteiger charge is -2.13. The number of nitrogens with zero attached hydrogens (tertiary/aromatic N) is 3. The van der Waals surface area contributed by atoms with Crippen molar-refractivity contribution in [3.8, 4) is 5.69 Å². The third-order valence-corrected chi connectivity index (χ3v) is 4.01. The Labute approximate surface area is 159 Å². The third-order valence-electron chi connectivity index (χ3n) is 3.82. The van der Waals surface area contributed by atoms with Crippen LogP contribution in [0.15, 0.2) is 78.0 Å². The van der Waals surface area contributed by atoms with Crippen molar-refractivity contribution < 1.29 is 0 Å². The van der Waals surface area contributed by atoms with Gasteiger partial charge in [0.15, 0.2) is 5.11 Å². The van der Waals surface area contributed by atoms with E-state index in [0.29, 0.717) is 5.11 Å². The Morgan fingerprint density at radius 3 is 2.42 bits per heavy atom. The number of rotatable bonds is 5. The molecule has 0 amide bonds. The summed E-state index contributed by atoms with van der Waals surface area (Å²) in [6.07, 6.45) is 3.76. The van der Waals surface area contributed by atoms with E-state index in [1.807, 2.05) is 62.8 Å². The zero-order valence-electron chi connectivity index (χ0n) is 14.8. The number of hydrogen-bond donors (Lipinski definition) is 2. The Kier molecular flexibility index (Phi) is 5.66. The van der Waals surface area contributed by atoms with Gasteiger partial charge >= 0.3 is 0 Å². The summed E-state index contributed by atoms with van der Waals surface area (Å²) >= 11 is 5.25. The normalized spacial score (nSPS) is 10.7. The molecule has 6 heteroatoms. The van der Waals surface area contributed by atoms with Crippen molar-refractivity contribution in [2.45, 2.75) is 0 Å². The van der Waals surface area contributed by atoms with Crippen LogP contribution >= 0.6 is 12.2 Å². The van der Waals surface area contributed by atoms with Gasteiger partial charge in [-0.2, -0.15) is 5.10 Å². The van der Waals surface area contributed by atoms with Gasteiger partial charge in [-0.1, -0.05) is 18.2 Å². The van der Waals surface area contributed by atoms with Crippen molar-refractivity contribution in [1.29, 1.82) is 0 Å². The van der Waals surface area contributed by atoms with Crippen LogP contribution < -0.4 is 15.6 Å². The van der Waals surface area contributed by atoms with Crippen LogP contribution in [0, 0.1) is 0 Å². The molecule has 1 aromatic heterocycles. The van der Waals surface area contributed by atoms with Crippen molar-refractivity contribution in [1.82, 2.24) is 9.99 Å². The molecule has 0 bridgehead atoms. The van der Waals surface area contributed by atoms with Gasteiger partial charge in [-0.3, -0.25) is 5.43 Å². The SMILES string of the molecule is CN(C)c1ccc(-n2cccc2/C=N\NC(=S)Nc2ccccc2)cc1. The average Bonchev–Trinajstić information content (AvgIpc) is 3.11. The monoisotopic (exact) mass is 363 g/mol. The van der Waals surface area contributed by atoms with Gasteiger partial charge in [0.25, 0.3) is 0 Å². The molecule has 0 saturated heterocycles. The lowest BCUT2D eigenvalue weighted by molar-refractivity contribution is 1.03. The van der Waals surface area contributed by atoms with Crippen molar-refractivity contribution in [3.05, 3.63) is 78.6 Å². The smallest absolute Gasteiger partial charge is 0.191 e. The summed E-state index contributed by atoms with van der Waals surface area (Å²) in [6, 6.07) is 22.1. The molecule has 0 atom stereocenters. The standard InChI is InChI=1S/C20H21N5S/c1-24(2)17-10-12-18(13-11-17)25-14-6-9-19(25)15-21-23-20(26)22-16-7-4-3-5-8-16/h3-15H,1-2H3,(H2,22,23,26)/b21-15-. The third kappa shape index (κ3) is 4.49. The molecule has 0 aliphatic rings. The highest BCUT2D eigenvalue weighted by molar-refractivity contribution is 7.80. The molecule has 0 radical (unpaired) electrons. The van der Waals surface area contributed by atoms with Crippen LogP contribution in [0.5, 0.6) is 0 Å². The largest absolute Gasteiger partial charge is 0.378 e. The minimum atomic E-state index is 0.445. The minimum Gasteiger partial charge on any atom is -0.378 e. The lowest BCUT2D eigenvalue weighted by atomic mass is 10.2. The van der Waals surface area contributed by atoms with Crippen molar-refractivity contribution in [2.24, 2.45) is 5.10 Å². The Bertz CT molecular complexity index is 882. The molecule has 2 N–H and O–H groups in total. The summed E-state index contributed by atoms with van der Waals surface area (Å²) in [4.78, 5) is 2.08. The van der Waals surface area contributed by atoms with Crippen molar-refractivity contribution >= 4 is 34.9 Å². The van der Waals surface area contributed by atoms with Crippen LogP contribution in [0.1, 0.15) is 5.69 Å². The molecule has 0 unspecified atom stereocenters. The molecule has 0 fully saturated rings. The molecular weight excluding hydrogens is 342 g/mol. The van der Waals surface area contributed by atoms with E-state index in [0.717, 1.165) is 22.8 Å². The molecule has 132 valence electrons. The Morgan fingerprint density at radius 2 is 1.73 bits per heavy atom. The number of benzene rings is 2. The number of hydrazone groups is 1.